The van der Waals surface area contributed by atoms with Crippen LogP contribution in [0.15, 0.2) is 48.5 Å². The van der Waals surface area contributed by atoms with E-state index in [4.69, 9.17) is 9.47 Å². The van der Waals surface area contributed by atoms with Gasteiger partial charge in [-0.05, 0) is 38.1 Å². The van der Waals surface area contributed by atoms with Gasteiger partial charge in [0, 0.05) is 0 Å². The maximum absolute atomic E-state index is 12.1. The molecule has 0 heterocycles. The molecule has 5 heteroatoms. The summed E-state index contributed by atoms with van der Waals surface area (Å²) in [5, 5.41) is 0. The van der Waals surface area contributed by atoms with E-state index in [1.54, 1.807) is 26.0 Å². The molecule has 120 valence electrons. The smallest absolute Gasteiger partial charge is 0.359 e. The average Bonchev–Trinajstić information content (AvgIpc) is 2.56. The molecule has 4 nitrogen and oxygen atoms in total. The normalized spacial score (nSPS) is 10.2. The fourth-order valence-electron chi connectivity index (χ4n) is 1.95. The van der Waals surface area contributed by atoms with Crippen LogP contribution in [0.25, 0.3) is 0 Å². The third-order valence-corrected chi connectivity index (χ3v) is 5.99. The molecule has 0 radical (unpaired) electrons. The van der Waals surface area contributed by atoms with E-state index < -0.39 is 21.2 Å². The van der Waals surface area contributed by atoms with Gasteiger partial charge in [-0.25, -0.2) is 9.59 Å². The Morgan fingerprint density at radius 2 is 1.17 bits per heavy atom. The lowest BCUT2D eigenvalue weighted by molar-refractivity contribution is -0.598. The van der Waals surface area contributed by atoms with Gasteiger partial charge < -0.3 is 9.47 Å². The molecular formula is C18H18IO4+. The van der Waals surface area contributed by atoms with E-state index in [2.05, 4.69) is 0 Å². The second-order valence-corrected chi connectivity index (χ2v) is 7.36. The summed E-state index contributed by atoms with van der Waals surface area (Å²) in [6.45, 7) is 4.24. The Bertz CT molecular complexity index is 637. The summed E-state index contributed by atoms with van der Waals surface area (Å²) in [5.41, 5.74) is 1.14. The predicted octanol–water partition coefficient (Wildman–Crippen LogP) is 0.168. The molecule has 0 bridgehead atoms. The molecule has 0 fully saturated rings. The van der Waals surface area contributed by atoms with E-state index in [-0.39, 0.29) is 11.9 Å². The van der Waals surface area contributed by atoms with Crippen LogP contribution in [0.1, 0.15) is 34.6 Å². The van der Waals surface area contributed by atoms with Gasteiger partial charge in [0.05, 0.1) is 13.2 Å². The number of hydrogen-bond donors (Lipinski definition) is 0. The van der Waals surface area contributed by atoms with Gasteiger partial charge in [-0.3, -0.25) is 0 Å². The summed E-state index contributed by atoms with van der Waals surface area (Å²) in [6.07, 6.45) is 0. The summed E-state index contributed by atoms with van der Waals surface area (Å²) in [4.78, 5) is 24.2. The van der Waals surface area contributed by atoms with Crippen molar-refractivity contribution in [1.29, 1.82) is 0 Å². The molecule has 0 saturated carbocycles. The minimum absolute atomic E-state index is 0.323. The molecule has 0 aliphatic heterocycles. The minimum atomic E-state index is -0.706. The van der Waals surface area contributed by atoms with Gasteiger partial charge >= 0.3 is 33.1 Å². The van der Waals surface area contributed by atoms with Crippen molar-refractivity contribution >= 4 is 11.9 Å². The van der Waals surface area contributed by atoms with Crippen LogP contribution in [0.5, 0.6) is 0 Å². The van der Waals surface area contributed by atoms with Crippen LogP contribution in [0.2, 0.25) is 0 Å². The van der Waals surface area contributed by atoms with Crippen LogP contribution in [0.4, 0.5) is 0 Å². The predicted molar refractivity (Wildman–Crippen MR) is 82.2 cm³/mol. The third kappa shape index (κ3) is 4.54. The first-order chi connectivity index (χ1) is 11.2. The van der Waals surface area contributed by atoms with Gasteiger partial charge in [-0.2, -0.15) is 0 Å². The highest BCUT2D eigenvalue weighted by Gasteiger charge is 2.28. The third-order valence-electron chi connectivity index (χ3n) is 2.94. The highest BCUT2D eigenvalue weighted by Crippen LogP contribution is 2.04. The van der Waals surface area contributed by atoms with Crippen LogP contribution in [-0.2, 0) is 9.47 Å². The lowest BCUT2D eigenvalue weighted by atomic mass is 10.2. The molecule has 0 spiro atoms. The number of carbonyl (C=O) groups excluding carboxylic acids is 2. The maximum Gasteiger partial charge on any atom is 0.359 e. The largest absolute Gasteiger partial charge is 0.462 e. The Kier molecular flexibility index (Phi) is 6.58. The van der Waals surface area contributed by atoms with Crippen molar-refractivity contribution in [2.24, 2.45) is 0 Å². The number of ether oxygens (including phenoxy) is 2. The quantitative estimate of drug-likeness (QED) is 0.489. The summed E-state index contributed by atoms with van der Waals surface area (Å²) < 4.78 is 12.1. The summed E-state index contributed by atoms with van der Waals surface area (Å²) >= 11 is -0.706. The molecule has 2 aromatic rings. The zero-order valence-corrected chi connectivity index (χ0v) is 15.2. The Balaban J connectivity index is 2.33. The van der Waals surface area contributed by atoms with Gasteiger partial charge in [-0.15, -0.1) is 0 Å². The van der Waals surface area contributed by atoms with Crippen molar-refractivity contribution in [2.45, 2.75) is 13.8 Å². The number of hydrogen-bond acceptors (Lipinski definition) is 4. The van der Waals surface area contributed by atoms with Gasteiger partial charge in [0.15, 0.2) is 0 Å². The van der Waals surface area contributed by atoms with Crippen LogP contribution < -0.4 is 21.2 Å². The van der Waals surface area contributed by atoms with Gasteiger partial charge in [0.1, 0.15) is 11.1 Å². The molecule has 0 atom stereocenters. The fourth-order valence-corrected chi connectivity index (χ4v) is 4.73. The van der Waals surface area contributed by atoms with E-state index in [0.29, 0.717) is 24.3 Å². The molecule has 0 unspecified atom stereocenters. The topological polar surface area (TPSA) is 52.6 Å². The second-order valence-electron chi connectivity index (χ2n) is 4.50. The summed E-state index contributed by atoms with van der Waals surface area (Å²) in [5.74, 6) is -0.646. The summed E-state index contributed by atoms with van der Waals surface area (Å²) in [7, 11) is 0. The second kappa shape index (κ2) is 8.67. The average molecular weight is 425 g/mol. The Labute approximate surface area is 146 Å². The molecule has 0 aliphatic rings. The lowest BCUT2D eigenvalue weighted by Gasteiger charge is -2.03. The molecule has 2 rings (SSSR count). The molecule has 0 saturated heterocycles. The molecule has 23 heavy (non-hydrogen) atoms. The highest BCUT2D eigenvalue weighted by atomic mass is 127. The van der Waals surface area contributed by atoms with Gasteiger partial charge in [0.25, 0.3) is 0 Å². The van der Waals surface area contributed by atoms with Crippen LogP contribution in [-0.4, -0.2) is 25.2 Å². The minimum Gasteiger partial charge on any atom is -0.462 e. The zero-order chi connectivity index (χ0) is 16.7. The first kappa shape index (κ1) is 17.5. The molecule has 0 aromatic heterocycles. The van der Waals surface area contributed by atoms with E-state index in [0.717, 1.165) is 7.14 Å². The van der Waals surface area contributed by atoms with Crippen LogP contribution >= 0.6 is 0 Å². The van der Waals surface area contributed by atoms with Crippen molar-refractivity contribution in [1.82, 2.24) is 0 Å². The molecular weight excluding hydrogens is 407 g/mol. The molecule has 2 aromatic carbocycles. The van der Waals surface area contributed by atoms with Crippen LogP contribution in [0, 0.1) is 7.14 Å². The molecule has 0 N–H and O–H groups in total. The van der Waals surface area contributed by atoms with Crippen molar-refractivity contribution < 1.29 is 40.3 Å². The fraction of sp³-hybridized carbons (Fsp3) is 0.222. The Hall–Kier alpha value is -1.89. The van der Waals surface area contributed by atoms with E-state index in [9.17, 15) is 9.59 Å². The van der Waals surface area contributed by atoms with Crippen molar-refractivity contribution in [3.05, 3.63) is 66.8 Å². The summed E-state index contributed by atoms with van der Waals surface area (Å²) in [6, 6.07) is 14.8. The van der Waals surface area contributed by atoms with E-state index >= 15 is 0 Å². The first-order valence-corrected chi connectivity index (χ1v) is 9.50. The lowest BCUT2D eigenvalue weighted by Crippen LogP contribution is -3.62. The molecule has 0 aliphatic carbocycles. The van der Waals surface area contributed by atoms with E-state index in [1.165, 1.54) is 0 Å². The number of rotatable bonds is 6. The number of halogens is 1. The highest BCUT2D eigenvalue weighted by molar-refractivity contribution is 5.89. The van der Waals surface area contributed by atoms with Crippen molar-refractivity contribution in [2.75, 3.05) is 13.2 Å². The Morgan fingerprint density at radius 3 is 1.57 bits per heavy atom. The molecule has 0 amide bonds. The van der Waals surface area contributed by atoms with Crippen molar-refractivity contribution in [3.8, 4) is 0 Å². The van der Waals surface area contributed by atoms with Crippen LogP contribution in [0.3, 0.4) is 0 Å². The van der Waals surface area contributed by atoms with Gasteiger partial charge in [0.2, 0.25) is 7.14 Å². The first-order valence-electron chi connectivity index (χ1n) is 7.34. The van der Waals surface area contributed by atoms with Gasteiger partial charge in [-0.1, -0.05) is 24.3 Å². The zero-order valence-electron chi connectivity index (χ0n) is 13.0. The SMILES string of the molecule is CCOC(=O)c1ccccc1[I+]c1ccccc1C(=O)OCC. The standard InChI is InChI=1S/C18H18IO4/c1-3-22-17(20)13-9-5-7-11-15(13)19-16-12-8-6-10-14(16)18(21)23-4-2/h5-12H,3-4H2,1-2H3/q+1. The van der Waals surface area contributed by atoms with E-state index in [1.807, 2.05) is 36.4 Å². The number of benzene rings is 2. The number of esters is 2. The Morgan fingerprint density at radius 1 is 0.783 bits per heavy atom. The maximum atomic E-state index is 12.1. The number of carbonyl (C=O) groups is 2. The monoisotopic (exact) mass is 425 g/mol. The van der Waals surface area contributed by atoms with Crippen molar-refractivity contribution in [3.63, 3.8) is 0 Å².